The van der Waals surface area contributed by atoms with Crippen LogP contribution in [-0.2, 0) is 0 Å². The maximum absolute atomic E-state index is 10.4. The summed E-state index contributed by atoms with van der Waals surface area (Å²) in [6.45, 7) is 9.39. The number of rotatable bonds is 9. The fourth-order valence-electron chi connectivity index (χ4n) is 2.22. The van der Waals surface area contributed by atoms with Crippen molar-refractivity contribution in [2.45, 2.75) is 52.6 Å². The molecule has 0 heterocycles. The third-order valence-electron chi connectivity index (χ3n) is 3.67. The third kappa shape index (κ3) is 5.94. The molecule has 2 nitrogen and oxygen atoms in total. The van der Waals surface area contributed by atoms with Crippen LogP contribution in [0.4, 0.5) is 0 Å². The van der Waals surface area contributed by atoms with Gasteiger partial charge >= 0.3 is 0 Å². The highest BCUT2D eigenvalue weighted by Crippen LogP contribution is 2.22. The van der Waals surface area contributed by atoms with Crippen LogP contribution in [-0.4, -0.2) is 29.6 Å². The lowest BCUT2D eigenvalue weighted by atomic mass is 10.1. The molecule has 1 aromatic rings. The Balaban J connectivity index is 2.62. The second-order valence-electron chi connectivity index (χ2n) is 5.53. The lowest BCUT2D eigenvalue weighted by Crippen LogP contribution is -2.30. The van der Waals surface area contributed by atoms with Gasteiger partial charge in [0.15, 0.2) is 0 Å². The first-order valence-electron chi connectivity index (χ1n) is 7.75. The van der Waals surface area contributed by atoms with Crippen LogP contribution in [0.15, 0.2) is 22.7 Å². The highest BCUT2D eigenvalue weighted by atomic mass is 79.9. The number of hydrogen-bond donors (Lipinski definition) is 1. The van der Waals surface area contributed by atoms with Gasteiger partial charge in [-0.15, -0.1) is 0 Å². The number of hydrogen-bond acceptors (Lipinski definition) is 2. The monoisotopic (exact) mass is 341 g/mol. The van der Waals surface area contributed by atoms with Gasteiger partial charge in [-0.2, -0.15) is 0 Å². The van der Waals surface area contributed by atoms with Gasteiger partial charge in [-0.3, -0.25) is 0 Å². The molecule has 0 aliphatic carbocycles. The third-order valence-corrected chi connectivity index (χ3v) is 4.52. The molecule has 0 aromatic heterocycles. The summed E-state index contributed by atoms with van der Waals surface area (Å²) in [7, 11) is 0. The van der Waals surface area contributed by atoms with Crippen LogP contribution in [0.5, 0.6) is 0 Å². The smallest absolute Gasteiger partial charge is 0.0917 e. The summed E-state index contributed by atoms with van der Waals surface area (Å²) in [5.74, 6) is 0. The molecule has 1 N–H and O–H groups in total. The van der Waals surface area contributed by atoms with Crippen LogP contribution < -0.4 is 0 Å². The summed E-state index contributed by atoms with van der Waals surface area (Å²) in [4.78, 5) is 2.39. The fraction of sp³-hybridized carbons (Fsp3) is 0.647. The molecule has 1 atom stereocenters. The zero-order chi connectivity index (χ0) is 15.0. The summed E-state index contributed by atoms with van der Waals surface area (Å²) in [6.07, 6.45) is 4.41. The maximum atomic E-state index is 10.4. The average molecular weight is 342 g/mol. The molecule has 20 heavy (non-hydrogen) atoms. The molecule has 0 amide bonds. The van der Waals surface area contributed by atoms with Crippen LogP contribution in [0.25, 0.3) is 0 Å². The molecule has 1 aromatic carbocycles. The summed E-state index contributed by atoms with van der Waals surface area (Å²) in [5.41, 5.74) is 2.20. The number of nitrogens with zero attached hydrogens (tertiary/aromatic N) is 1. The van der Waals surface area contributed by atoms with Crippen molar-refractivity contribution < 1.29 is 5.11 Å². The minimum absolute atomic E-state index is 0.402. The van der Waals surface area contributed by atoms with Crippen molar-refractivity contribution in [3.8, 4) is 0 Å². The molecule has 0 radical (unpaired) electrons. The van der Waals surface area contributed by atoms with Gasteiger partial charge in [0, 0.05) is 11.0 Å². The van der Waals surface area contributed by atoms with E-state index in [0.29, 0.717) is 0 Å². The van der Waals surface area contributed by atoms with Gasteiger partial charge in [-0.25, -0.2) is 0 Å². The molecule has 1 rings (SSSR count). The molecule has 0 unspecified atom stereocenters. The van der Waals surface area contributed by atoms with Gasteiger partial charge in [0.05, 0.1) is 6.10 Å². The van der Waals surface area contributed by atoms with E-state index in [0.717, 1.165) is 29.7 Å². The van der Waals surface area contributed by atoms with Gasteiger partial charge in [0.25, 0.3) is 0 Å². The number of aliphatic hydroxyl groups is 1. The SMILES string of the molecule is CCCCN(CCCC)C[C@H](O)c1ccc(C)c(Br)c1. The Morgan fingerprint density at radius 1 is 1.15 bits per heavy atom. The number of benzene rings is 1. The van der Waals surface area contributed by atoms with Gasteiger partial charge in [0.2, 0.25) is 0 Å². The summed E-state index contributed by atoms with van der Waals surface area (Å²) in [6, 6.07) is 6.13. The Morgan fingerprint density at radius 2 is 1.75 bits per heavy atom. The molecule has 0 saturated heterocycles. The van der Waals surface area contributed by atoms with E-state index < -0.39 is 6.10 Å². The molecule has 0 aliphatic rings. The Morgan fingerprint density at radius 3 is 2.25 bits per heavy atom. The van der Waals surface area contributed by atoms with E-state index in [1.165, 1.54) is 31.2 Å². The molecular weight excluding hydrogens is 314 g/mol. The maximum Gasteiger partial charge on any atom is 0.0917 e. The molecule has 114 valence electrons. The van der Waals surface area contributed by atoms with E-state index in [1.807, 2.05) is 12.1 Å². The lowest BCUT2D eigenvalue weighted by Gasteiger charge is -2.25. The zero-order valence-electron chi connectivity index (χ0n) is 13.0. The van der Waals surface area contributed by atoms with Gasteiger partial charge in [0.1, 0.15) is 0 Å². The quantitative estimate of drug-likeness (QED) is 0.704. The highest BCUT2D eigenvalue weighted by Gasteiger charge is 2.13. The normalized spacial score (nSPS) is 12.9. The summed E-state index contributed by atoms with van der Waals surface area (Å²) >= 11 is 3.54. The number of aliphatic hydroxyl groups excluding tert-OH is 1. The number of unbranched alkanes of at least 4 members (excludes halogenated alkanes) is 2. The Labute approximate surface area is 132 Å². The van der Waals surface area contributed by atoms with E-state index in [4.69, 9.17) is 0 Å². The average Bonchev–Trinajstić information content (AvgIpc) is 2.44. The molecule has 0 saturated carbocycles. The second-order valence-corrected chi connectivity index (χ2v) is 6.39. The Hall–Kier alpha value is -0.380. The largest absolute Gasteiger partial charge is 0.387 e. The van der Waals surface area contributed by atoms with Crippen LogP contribution in [0.2, 0.25) is 0 Å². The van der Waals surface area contributed by atoms with Crippen LogP contribution in [0.3, 0.4) is 0 Å². The predicted molar refractivity (Wildman–Crippen MR) is 90.1 cm³/mol. The van der Waals surface area contributed by atoms with Crippen molar-refractivity contribution in [2.24, 2.45) is 0 Å². The minimum Gasteiger partial charge on any atom is -0.387 e. The van der Waals surface area contributed by atoms with E-state index in [-0.39, 0.29) is 0 Å². The molecule has 0 fully saturated rings. The number of aryl methyl sites for hydroxylation is 1. The topological polar surface area (TPSA) is 23.5 Å². The van der Waals surface area contributed by atoms with Crippen molar-refractivity contribution in [1.82, 2.24) is 4.90 Å². The first kappa shape index (κ1) is 17.7. The fourth-order valence-corrected chi connectivity index (χ4v) is 2.62. The van der Waals surface area contributed by atoms with Crippen LogP contribution in [0.1, 0.15) is 56.8 Å². The molecule has 0 spiro atoms. The zero-order valence-corrected chi connectivity index (χ0v) is 14.6. The summed E-state index contributed by atoms with van der Waals surface area (Å²) < 4.78 is 1.07. The van der Waals surface area contributed by atoms with Crippen molar-refractivity contribution in [1.29, 1.82) is 0 Å². The van der Waals surface area contributed by atoms with Crippen molar-refractivity contribution in [2.75, 3.05) is 19.6 Å². The standard InChI is InChI=1S/C17H28BrNO/c1-4-6-10-19(11-7-5-2)13-17(20)15-9-8-14(3)16(18)12-15/h8-9,12,17,20H,4-7,10-11,13H2,1-3H3/t17-/m0/s1. The van der Waals surface area contributed by atoms with E-state index in [1.54, 1.807) is 0 Å². The van der Waals surface area contributed by atoms with Gasteiger partial charge in [-0.05, 0) is 50.0 Å². The second kappa shape index (κ2) is 9.54. The van der Waals surface area contributed by atoms with E-state index >= 15 is 0 Å². The first-order chi connectivity index (χ1) is 9.58. The Bertz CT molecular complexity index is 387. The highest BCUT2D eigenvalue weighted by molar-refractivity contribution is 9.10. The van der Waals surface area contributed by atoms with Crippen LogP contribution in [0, 0.1) is 6.92 Å². The minimum atomic E-state index is -0.402. The van der Waals surface area contributed by atoms with E-state index in [9.17, 15) is 5.11 Å². The van der Waals surface area contributed by atoms with Crippen LogP contribution >= 0.6 is 15.9 Å². The molecule has 0 aliphatic heterocycles. The lowest BCUT2D eigenvalue weighted by molar-refractivity contribution is 0.111. The first-order valence-corrected chi connectivity index (χ1v) is 8.54. The van der Waals surface area contributed by atoms with Crippen molar-refractivity contribution in [3.63, 3.8) is 0 Å². The van der Waals surface area contributed by atoms with E-state index in [2.05, 4.69) is 47.7 Å². The predicted octanol–water partition coefficient (Wildman–Crippen LogP) is 4.69. The molecular formula is C17H28BrNO. The van der Waals surface area contributed by atoms with Crippen molar-refractivity contribution in [3.05, 3.63) is 33.8 Å². The molecule has 0 bridgehead atoms. The Kier molecular flexibility index (Phi) is 8.43. The summed E-state index contributed by atoms with van der Waals surface area (Å²) in [5, 5.41) is 10.4. The van der Waals surface area contributed by atoms with Crippen molar-refractivity contribution >= 4 is 15.9 Å². The number of halogens is 1. The van der Waals surface area contributed by atoms with Gasteiger partial charge < -0.3 is 10.0 Å². The van der Waals surface area contributed by atoms with Gasteiger partial charge in [-0.1, -0.05) is 54.8 Å². The molecule has 3 heteroatoms.